The third-order valence-corrected chi connectivity index (χ3v) is 6.84. The average Bonchev–Trinajstić information content (AvgIpc) is 2.71. The van der Waals surface area contributed by atoms with Crippen LogP contribution in [0.1, 0.15) is 19.8 Å². The minimum Gasteiger partial charge on any atom is -0.475 e. The first-order valence-electron chi connectivity index (χ1n) is 9.00. The van der Waals surface area contributed by atoms with Gasteiger partial charge in [0.15, 0.2) is 0 Å². The van der Waals surface area contributed by atoms with Crippen LogP contribution in [0.5, 0.6) is 5.75 Å². The van der Waals surface area contributed by atoms with Gasteiger partial charge in [0, 0.05) is 13.1 Å². The van der Waals surface area contributed by atoms with E-state index in [1.54, 1.807) is 31.2 Å². The molecule has 1 aromatic carbocycles. The summed E-state index contributed by atoms with van der Waals surface area (Å²) in [5.74, 6) is -0.763. The highest BCUT2D eigenvalue weighted by molar-refractivity contribution is 7.89. The van der Waals surface area contributed by atoms with E-state index >= 15 is 0 Å². The molecule has 8 nitrogen and oxygen atoms in total. The Bertz CT molecular complexity index is 825. The number of hydrogen-bond acceptors (Lipinski definition) is 6. The highest BCUT2D eigenvalue weighted by Crippen LogP contribution is 2.35. The molecule has 2 heterocycles. The van der Waals surface area contributed by atoms with Gasteiger partial charge in [0.05, 0.1) is 31.0 Å². The summed E-state index contributed by atoms with van der Waals surface area (Å²) >= 11 is 0. The Balaban J connectivity index is 1.85. The van der Waals surface area contributed by atoms with E-state index in [0.29, 0.717) is 30.8 Å². The van der Waals surface area contributed by atoms with Crippen LogP contribution in [-0.4, -0.2) is 63.2 Å². The number of nitrogens with zero attached hydrogens (tertiary/aromatic N) is 2. The normalized spacial score (nSPS) is 23.3. The highest BCUT2D eigenvalue weighted by Gasteiger charge is 2.39. The van der Waals surface area contributed by atoms with Gasteiger partial charge < -0.3 is 14.4 Å². The van der Waals surface area contributed by atoms with E-state index in [9.17, 15) is 18.0 Å². The lowest BCUT2D eigenvalue weighted by molar-refractivity contribution is -0.148. The quantitative estimate of drug-likeness (QED) is 0.706. The molecule has 9 heteroatoms. The van der Waals surface area contributed by atoms with Crippen molar-refractivity contribution in [2.75, 3.05) is 37.4 Å². The van der Waals surface area contributed by atoms with E-state index in [1.165, 1.54) is 16.3 Å². The number of esters is 1. The molecule has 2 aliphatic heterocycles. The van der Waals surface area contributed by atoms with Crippen LogP contribution in [0.15, 0.2) is 24.3 Å². The Kier molecular flexibility index (Phi) is 5.71. The number of carbonyl (C=O) groups is 2. The molecule has 0 bridgehead atoms. The van der Waals surface area contributed by atoms with Crippen molar-refractivity contribution >= 4 is 27.6 Å². The third kappa shape index (κ3) is 3.93. The minimum atomic E-state index is -3.34. The Morgan fingerprint density at radius 1 is 1.26 bits per heavy atom. The topological polar surface area (TPSA) is 93.2 Å². The zero-order valence-corrected chi connectivity index (χ0v) is 16.3. The van der Waals surface area contributed by atoms with Gasteiger partial charge in [0.1, 0.15) is 5.75 Å². The number of para-hydroxylation sites is 2. The molecule has 0 aliphatic carbocycles. The Morgan fingerprint density at radius 3 is 2.70 bits per heavy atom. The number of sulfonamides is 1. The van der Waals surface area contributed by atoms with E-state index in [-0.39, 0.29) is 24.7 Å². The average molecular weight is 396 g/mol. The van der Waals surface area contributed by atoms with Crippen LogP contribution in [0.4, 0.5) is 5.69 Å². The molecule has 1 saturated heterocycles. The maximum Gasteiger partial charge on any atom is 0.348 e. The molecule has 1 aromatic rings. The van der Waals surface area contributed by atoms with Gasteiger partial charge in [-0.05, 0) is 31.9 Å². The summed E-state index contributed by atoms with van der Waals surface area (Å²) in [6, 6.07) is 7.00. The summed E-state index contributed by atoms with van der Waals surface area (Å²) in [6.07, 6.45) is 0.326. The number of methoxy groups -OCH3 is 1. The van der Waals surface area contributed by atoms with E-state index < -0.39 is 28.0 Å². The number of benzene rings is 1. The fraction of sp³-hybridized carbons (Fsp3) is 0.556. The van der Waals surface area contributed by atoms with Crippen LogP contribution in [0.2, 0.25) is 0 Å². The number of piperidine rings is 1. The lowest BCUT2D eigenvalue weighted by Gasteiger charge is -2.38. The molecule has 27 heavy (non-hydrogen) atoms. The first-order valence-corrected chi connectivity index (χ1v) is 10.6. The predicted molar refractivity (Wildman–Crippen MR) is 99.0 cm³/mol. The van der Waals surface area contributed by atoms with Crippen molar-refractivity contribution in [2.24, 2.45) is 5.92 Å². The van der Waals surface area contributed by atoms with Crippen LogP contribution in [0.3, 0.4) is 0 Å². The lowest BCUT2D eigenvalue weighted by atomic mass is 9.97. The fourth-order valence-corrected chi connectivity index (χ4v) is 4.68. The van der Waals surface area contributed by atoms with Crippen molar-refractivity contribution in [2.45, 2.75) is 25.9 Å². The van der Waals surface area contributed by atoms with Gasteiger partial charge in [-0.2, -0.15) is 0 Å². The van der Waals surface area contributed by atoms with Gasteiger partial charge in [-0.3, -0.25) is 4.79 Å². The van der Waals surface area contributed by atoms with Crippen molar-refractivity contribution < 1.29 is 27.5 Å². The Morgan fingerprint density at radius 2 is 2.00 bits per heavy atom. The molecular weight excluding hydrogens is 372 g/mol. The molecule has 3 rings (SSSR count). The maximum atomic E-state index is 13.2. The molecule has 0 aromatic heterocycles. The third-order valence-electron chi connectivity index (χ3n) is 5.00. The molecule has 0 N–H and O–H groups in total. The zero-order valence-electron chi connectivity index (χ0n) is 15.5. The maximum absolute atomic E-state index is 13.2. The lowest BCUT2D eigenvalue weighted by Crippen LogP contribution is -2.52. The first kappa shape index (κ1) is 19.6. The zero-order chi connectivity index (χ0) is 19.6. The summed E-state index contributed by atoms with van der Waals surface area (Å²) in [4.78, 5) is 26.7. The molecule has 148 valence electrons. The summed E-state index contributed by atoms with van der Waals surface area (Å²) in [6.45, 7) is 2.24. The Hall–Kier alpha value is -2.13. The minimum absolute atomic E-state index is 0.0126. The summed E-state index contributed by atoms with van der Waals surface area (Å²) in [5, 5.41) is 0. The second-order valence-electron chi connectivity index (χ2n) is 6.64. The SMILES string of the molecule is CCS(=O)(=O)N1CCCC(C(=O)N2CC(C(=O)OC)Oc3ccccc32)C1. The summed E-state index contributed by atoms with van der Waals surface area (Å²) < 4.78 is 36.2. The van der Waals surface area contributed by atoms with Crippen molar-refractivity contribution in [3.05, 3.63) is 24.3 Å². The van der Waals surface area contributed by atoms with Crippen LogP contribution < -0.4 is 9.64 Å². The Labute approximate surface area is 159 Å². The number of anilines is 1. The molecular formula is C18H24N2O6S. The van der Waals surface area contributed by atoms with Gasteiger partial charge in [0.25, 0.3) is 0 Å². The van der Waals surface area contributed by atoms with Gasteiger partial charge in [-0.15, -0.1) is 0 Å². The van der Waals surface area contributed by atoms with Gasteiger partial charge >= 0.3 is 5.97 Å². The number of fused-ring (bicyclic) bond motifs is 1. The first-order chi connectivity index (χ1) is 12.9. The summed E-state index contributed by atoms with van der Waals surface area (Å²) in [7, 11) is -2.07. The molecule has 0 radical (unpaired) electrons. The largest absolute Gasteiger partial charge is 0.475 e. The van der Waals surface area contributed by atoms with E-state index in [4.69, 9.17) is 9.47 Å². The molecule has 2 aliphatic rings. The number of hydrogen-bond donors (Lipinski definition) is 0. The second kappa shape index (κ2) is 7.85. The number of amides is 1. The van der Waals surface area contributed by atoms with Crippen LogP contribution in [0, 0.1) is 5.92 Å². The van der Waals surface area contributed by atoms with Crippen molar-refractivity contribution in [1.29, 1.82) is 0 Å². The second-order valence-corrected chi connectivity index (χ2v) is 8.90. The monoisotopic (exact) mass is 396 g/mol. The van der Waals surface area contributed by atoms with Crippen LogP contribution in [-0.2, 0) is 24.3 Å². The van der Waals surface area contributed by atoms with Crippen molar-refractivity contribution in [1.82, 2.24) is 4.31 Å². The van der Waals surface area contributed by atoms with Crippen LogP contribution in [0.25, 0.3) is 0 Å². The van der Waals surface area contributed by atoms with E-state index in [0.717, 1.165) is 0 Å². The molecule has 2 unspecified atom stereocenters. The van der Waals surface area contributed by atoms with Gasteiger partial charge in [-0.1, -0.05) is 12.1 Å². The molecule has 1 amide bonds. The molecule has 0 spiro atoms. The number of carbonyl (C=O) groups excluding carboxylic acids is 2. The smallest absolute Gasteiger partial charge is 0.348 e. The number of rotatable bonds is 4. The van der Waals surface area contributed by atoms with E-state index in [1.807, 2.05) is 0 Å². The van der Waals surface area contributed by atoms with Gasteiger partial charge in [0.2, 0.25) is 22.0 Å². The molecule has 2 atom stereocenters. The van der Waals surface area contributed by atoms with Crippen LogP contribution >= 0.6 is 0 Å². The molecule has 1 fully saturated rings. The predicted octanol–water partition coefficient (Wildman–Crippen LogP) is 1.02. The molecule has 0 saturated carbocycles. The number of ether oxygens (including phenoxy) is 2. The highest BCUT2D eigenvalue weighted by atomic mass is 32.2. The standard InChI is InChI=1S/C18H24N2O6S/c1-3-27(23,24)19-10-6-7-13(11-19)17(21)20-12-16(18(22)25-2)26-15-9-5-4-8-14(15)20/h4-5,8-9,13,16H,3,6-7,10-12H2,1-2H3. The van der Waals surface area contributed by atoms with E-state index in [2.05, 4.69) is 0 Å². The summed E-state index contributed by atoms with van der Waals surface area (Å²) in [5.41, 5.74) is 0.582. The fourth-order valence-electron chi connectivity index (χ4n) is 3.50. The van der Waals surface area contributed by atoms with Gasteiger partial charge in [-0.25, -0.2) is 17.5 Å². The van der Waals surface area contributed by atoms with Crippen molar-refractivity contribution in [3.8, 4) is 5.75 Å². The van der Waals surface area contributed by atoms with Crippen molar-refractivity contribution in [3.63, 3.8) is 0 Å².